The van der Waals surface area contributed by atoms with E-state index in [0.717, 1.165) is 0 Å². The van der Waals surface area contributed by atoms with Crippen molar-refractivity contribution in [1.29, 1.82) is 0 Å². The maximum absolute atomic E-state index is 12.2. The van der Waals surface area contributed by atoms with Gasteiger partial charge in [0.25, 0.3) is 5.95 Å². The molecule has 3 rings (SSSR count). The van der Waals surface area contributed by atoms with E-state index in [-0.39, 0.29) is 51.0 Å². The van der Waals surface area contributed by atoms with Gasteiger partial charge in [0.1, 0.15) is 15.9 Å². The Morgan fingerprint density at radius 1 is 0.972 bits per heavy atom. The van der Waals surface area contributed by atoms with E-state index in [9.17, 15) is 28.0 Å². The Labute approximate surface area is 207 Å². The molecule has 1 aromatic heterocycles. The number of nitro groups is 1. The molecule has 2 aliphatic carbocycles. The molecule has 0 saturated carbocycles. The molecule has 2 aliphatic rings. The van der Waals surface area contributed by atoms with E-state index in [0.29, 0.717) is 5.71 Å². The molecule has 5 N–H and O–H groups in total. The molecule has 13 nitrogen and oxygen atoms in total. The van der Waals surface area contributed by atoms with Gasteiger partial charge in [-0.15, -0.1) is 0 Å². The number of allylic oxidation sites excluding steroid dienone is 8. The minimum Gasteiger partial charge on any atom is -0.395 e. The van der Waals surface area contributed by atoms with Gasteiger partial charge in [-0.05, 0) is 55.5 Å². The number of aromatic nitrogens is 2. The van der Waals surface area contributed by atoms with Crippen molar-refractivity contribution in [3.05, 3.63) is 64.4 Å². The van der Waals surface area contributed by atoms with Crippen molar-refractivity contribution in [3.63, 3.8) is 0 Å². The van der Waals surface area contributed by atoms with Crippen molar-refractivity contribution in [2.45, 2.75) is 6.92 Å². The first-order valence-corrected chi connectivity index (χ1v) is 13.8. The third-order valence-electron chi connectivity index (χ3n) is 4.84. The molecule has 1 heterocycles. The molecular formula is C21H24N5O8S2+. The molecule has 0 aromatic carbocycles. The van der Waals surface area contributed by atoms with Crippen LogP contribution >= 0.6 is 0 Å². The van der Waals surface area contributed by atoms with Crippen molar-refractivity contribution in [3.8, 4) is 0 Å². The number of aliphatic hydroxyl groups excluding tert-OH is 2. The van der Waals surface area contributed by atoms with Crippen LogP contribution in [0.2, 0.25) is 0 Å². The van der Waals surface area contributed by atoms with Crippen LogP contribution in [0.4, 0.5) is 17.5 Å². The molecule has 0 amide bonds. The predicted molar refractivity (Wildman–Crippen MR) is 141 cm³/mol. The molecule has 36 heavy (non-hydrogen) atoms. The molecule has 0 spiro atoms. The van der Waals surface area contributed by atoms with Gasteiger partial charge in [-0.3, -0.25) is 10.1 Å². The lowest BCUT2D eigenvalue weighted by atomic mass is 10.2. The lowest BCUT2D eigenvalue weighted by molar-refractivity contribution is -0.385. The van der Waals surface area contributed by atoms with Crippen LogP contribution in [-0.2, 0) is 20.0 Å². The van der Waals surface area contributed by atoms with Crippen LogP contribution in [-0.4, -0.2) is 88.8 Å². The van der Waals surface area contributed by atoms with E-state index in [1.54, 1.807) is 0 Å². The first-order chi connectivity index (χ1) is 17.0. The highest BCUT2D eigenvalue weighted by Gasteiger charge is 2.24. The quantitative estimate of drug-likeness (QED) is 0.145. The van der Waals surface area contributed by atoms with Gasteiger partial charge in [0, 0.05) is 0 Å². The monoisotopic (exact) mass is 538 g/mol. The fourth-order valence-corrected chi connectivity index (χ4v) is 5.18. The molecule has 0 saturated heterocycles. The number of aliphatic hydroxyl groups is 2. The third-order valence-corrected chi connectivity index (χ3v) is 8.36. The number of hydrogen-bond acceptors (Lipinski definition) is 11. The second-order valence-electron chi connectivity index (χ2n) is 7.41. The largest absolute Gasteiger partial charge is 0.395 e. The standard InChI is InChI=1S/C21H23N5O8S2/c1-14-19(26(29)30)20(23-15-2-6-17(7-3-15)35(31,32)12-10-27)25-21(22-14)24-16-4-8-18(9-5-16)36(33,34)13-11-28/h2-9,27-28H,10-13H2,1H3,(H2-,31,32,33,34)/p+1. The molecular weight excluding hydrogens is 514 g/mol. The summed E-state index contributed by atoms with van der Waals surface area (Å²) in [6.07, 6.45) is 11.3. The number of aryl methyl sites for hydroxylation is 1. The molecule has 0 radical (unpaired) electrons. The molecule has 0 fully saturated rings. The van der Waals surface area contributed by atoms with Crippen LogP contribution in [0.3, 0.4) is 0 Å². The van der Waals surface area contributed by atoms with Gasteiger partial charge in [0.05, 0.1) is 50.0 Å². The second-order valence-corrected chi connectivity index (χ2v) is 11.8. The normalized spacial score (nSPS) is 16.9. The number of nitrogens with zero attached hydrogens (tertiary/aromatic N) is 5. The van der Waals surface area contributed by atoms with E-state index in [1.807, 2.05) is 0 Å². The summed E-state index contributed by atoms with van der Waals surface area (Å²) in [6.45, 7) is 0.554. The summed E-state index contributed by atoms with van der Waals surface area (Å²) in [7, 11) is -6.56. The summed E-state index contributed by atoms with van der Waals surface area (Å²) in [4.78, 5) is 27.8. The van der Waals surface area contributed by atoms with Gasteiger partial charge in [-0.25, -0.2) is 19.2 Å². The summed E-state index contributed by atoms with van der Waals surface area (Å²) < 4.78 is 42.3. The Morgan fingerprint density at radius 2 is 1.56 bits per heavy atom. The summed E-state index contributed by atoms with van der Waals surface area (Å²) in [6, 6.07) is 0. The molecule has 192 valence electrons. The highest BCUT2D eigenvalue weighted by molar-refractivity contribution is 8.03. The minimum atomic E-state index is -3.42. The molecule has 0 aliphatic heterocycles. The maximum atomic E-state index is 12.2. The van der Waals surface area contributed by atoms with Crippen LogP contribution in [0, 0.1) is 17.0 Å². The van der Waals surface area contributed by atoms with Crippen molar-refractivity contribution >= 4 is 58.6 Å². The Hall–Kier alpha value is -3.18. The van der Waals surface area contributed by atoms with Crippen molar-refractivity contribution < 1.29 is 33.0 Å². The maximum Gasteiger partial charge on any atom is 0.334 e. The fraction of sp³-hybridized carbons (Fsp3) is 0.238. The summed E-state index contributed by atoms with van der Waals surface area (Å²) in [5.74, 6) is -0.916. The number of hydrogen-bond donors (Lipinski definition) is 5. The SMILES string of the molecule is Cc1nc(N=C2C=CC(=[S+](O)(O)CCO)C=C2)nc(N=C2C=CC(=S(=O)(O)CCO)C=C2)c1[N+](=O)[O-]. The van der Waals surface area contributed by atoms with Gasteiger partial charge in [-0.2, -0.15) is 14.1 Å². The summed E-state index contributed by atoms with van der Waals surface area (Å²) in [5.41, 5.74) is 0.142. The highest BCUT2D eigenvalue weighted by Crippen LogP contribution is 2.30. The molecule has 1 aromatic rings. The zero-order chi connectivity index (χ0) is 26.5. The lowest BCUT2D eigenvalue weighted by Crippen LogP contribution is -2.25. The van der Waals surface area contributed by atoms with Crippen LogP contribution < -0.4 is 0 Å². The molecule has 1 atom stereocenters. The van der Waals surface area contributed by atoms with E-state index in [1.165, 1.54) is 55.5 Å². The molecule has 1 unspecified atom stereocenters. The Morgan fingerprint density at radius 3 is 2.11 bits per heavy atom. The fourth-order valence-electron chi connectivity index (χ4n) is 3.08. The smallest absolute Gasteiger partial charge is 0.334 e. The molecule has 15 heteroatoms. The summed E-state index contributed by atoms with van der Waals surface area (Å²) in [5, 5.41) is 29.5. The van der Waals surface area contributed by atoms with Crippen molar-refractivity contribution in [1.82, 2.24) is 9.97 Å². The molecule has 0 bridgehead atoms. The van der Waals surface area contributed by atoms with Crippen molar-refractivity contribution in [2.24, 2.45) is 9.98 Å². The topological polar surface area (TPSA) is 212 Å². The lowest BCUT2D eigenvalue weighted by Gasteiger charge is -2.09. The first kappa shape index (κ1) is 27.4. The number of aliphatic imine (C=N–C) groups is 2. The van der Waals surface area contributed by atoms with E-state index < -0.39 is 37.2 Å². The second kappa shape index (κ2) is 11.3. The van der Waals surface area contributed by atoms with E-state index >= 15 is 0 Å². The van der Waals surface area contributed by atoms with Crippen molar-refractivity contribution in [2.75, 3.05) is 24.7 Å². The van der Waals surface area contributed by atoms with Gasteiger partial charge < -0.3 is 14.8 Å². The Balaban J connectivity index is 1.99. The Bertz CT molecular complexity index is 1400. The minimum absolute atomic E-state index is 0.0131. The van der Waals surface area contributed by atoms with Crippen LogP contribution in [0.5, 0.6) is 0 Å². The van der Waals surface area contributed by atoms with E-state index in [2.05, 4.69) is 20.0 Å². The van der Waals surface area contributed by atoms with Gasteiger partial charge >= 0.3 is 5.69 Å². The van der Waals surface area contributed by atoms with Gasteiger partial charge in [0.2, 0.25) is 5.82 Å². The van der Waals surface area contributed by atoms with E-state index in [4.69, 9.17) is 10.2 Å². The van der Waals surface area contributed by atoms with Gasteiger partial charge in [0.15, 0.2) is 10.6 Å². The average Bonchev–Trinajstić information content (AvgIpc) is 2.79. The Kier molecular flexibility index (Phi) is 8.57. The predicted octanol–water partition coefficient (Wildman–Crippen LogP) is 1.28. The zero-order valence-corrected chi connectivity index (χ0v) is 20.6. The first-order valence-electron chi connectivity index (χ1n) is 10.4. The highest BCUT2D eigenvalue weighted by atomic mass is 32.3. The van der Waals surface area contributed by atoms with Crippen LogP contribution in [0.15, 0.2) is 58.6 Å². The average molecular weight is 539 g/mol. The van der Waals surface area contributed by atoms with Crippen LogP contribution in [0.1, 0.15) is 5.69 Å². The zero-order valence-electron chi connectivity index (χ0n) is 19.0. The third kappa shape index (κ3) is 6.52. The van der Waals surface area contributed by atoms with Crippen LogP contribution in [0.25, 0.3) is 0 Å². The summed E-state index contributed by atoms with van der Waals surface area (Å²) >= 11 is 0. The number of rotatable bonds is 7. The van der Waals surface area contributed by atoms with Gasteiger partial charge in [-0.1, -0.05) is 0 Å².